The quantitative estimate of drug-likeness (QED) is 0.252. The van der Waals surface area contributed by atoms with Crippen LogP contribution >= 0.6 is 0 Å². The van der Waals surface area contributed by atoms with Crippen LogP contribution in [0.1, 0.15) is 41.5 Å². The van der Waals surface area contributed by atoms with E-state index in [9.17, 15) is 29.1 Å². The topological polar surface area (TPSA) is 201 Å². The molecule has 1 rings (SSSR count). The van der Waals surface area contributed by atoms with E-state index < -0.39 is 72.2 Å². The van der Waals surface area contributed by atoms with Gasteiger partial charge in [-0.05, 0) is 6.92 Å². The first-order valence-corrected chi connectivity index (χ1v) is 10.6. The van der Waals surface area contributed by atoms with Gasteiger partial charge in [0.15, 0.2) is 12.2 Å². The summed E-state index contributed by atoms with van der Waals surface area (Å²) < 4.78 is 25.7. The van der Waals surface area contributed by atoms with Crippen molar-refractivity contribution in [1.82, 2.24) is 5.32 Å². The summed E-state index contributed by atoms with van der Waals surface area (Å²) in [4.78, 5) is 67.3. The van der Waals surface area contributed by atoms with Gasteiger partial charge in [-0.25, -0.2) is 0 Å². The molecule has 14 heteroatoms. The number of carbonyl (C=O) groups excluding carboxylic acids is 5. The van der Waals surface area contributed by atoms with E-state index in [1.807, 2.05) is 0 Å². The second-order valence-corrected chi connectivity index (χ2v) is 7.41. The largest absolute Gasteiger partial charge is 0.481 e. The fourth-order valence-electron chi connectivity index (χ4n) is 3.04. The van der Waals surface area contributed by atoms with Crippen molar-refractivity contribution in [3.05, 3.63) is 0 Å². The summed E-state index contributed by atoms with van der Waals surface area (Å²) in [5.74, 6) is -5.31. The Bertz CT molecular complexity index is 764. The number of aliphatic hydroxyl groups is 1. The normalized spacial score (nSPS) is 23.9. The Hall–Kier alpha value is -3.26. The molecule has 6 atom stereocenters. The van der Waals surface area contributed by atoms with E-state index in [2.05, 4.69) is 5.32 Å². The number of aliphatic carboxylic acids is 1. The van der Waals surface area contributed by atoms with Crippen LogP contribution in [0.3, 0.4) is 0 Å². The molecule has 1 fully saturated rings. The average molecular weight is 507 g/mol. The molecule has 0 bridgehead atoms. The molecule has 2 unspecified atom stereocenters. The fraction of sp³-hybridized carbons (Fsp3) is 0.714. The van der Waals surface area contributed by atoms with E-state index in [1.165, 1.54) is 6.92 Å². The zero-order valence-electron chi connectivity index (χ0n) is 20.5. The van der Waals surface area contributed by atoms with Gasteiger partial charge in [-0.15, -0.1) is 0 Å². The second kappa shape index (κ2) is 15.6. The smallest absolute Gasteiger partial charge is 0.325 e. The first-order chi connectivity index (χ1) is 16.2. The Morgan fingerprint density at radius 1 is 0.914 bits per heavy atom. The first-order valence-electron chi connectivity index (χ1n) is 10.6. The lowest BCUT2D eigenvalue weighted by atomic mass is 9.88. The minimum Gasteiger partial charge on any atom is -0.481 e. The van der Waals surface area contributed by atoms with Crippen molar-refractivity contribution in [1.29, 1.82) is 0 Å². The lowest BCUT2D eigenvalue weighted by Crippen LogP contribution is -2.63. The van der Waals surface area contributed by atoms with Crippen LogP contribution in [0.15, 0.2) is 0 Å². The van der Waals surface area contributed by atoms with Gasteiger partial charge in [0.1, 0.15) is 25.4 Å². The van der Waals surface area contributed by atoms with E-state index in [1.54, 1.807) is 6.92 Å². The van der Waals surface area contributed by atoms with Crippen molar-refractivity contribution < 1.29 is 62.7 Å². The summed E-state index contributed by atoms with van der Waals surface area (Å²) >= 11 is 0. The third-order valence-corrected chi connectivity index (χ3v) is 4.37. The molecule has 1 aliphatic heterocycles. The highest BCUT2D eigenvalue weighted by Crippen LogP contribution is 2.30. The van der Waals surface area contributed by atoms with Crippen molar-refractivity contribution in [2.24, 2.45) is 5.92 Å². The van der Waals surface area contributed by atoms with Gasteiger partial charge in [0.2, 0.25) is 5.91 Å². The number of carbonyl (C=O) groups is 6. The number of carboxylic acids is 1. The van der Waals surface area contributed by atoms with Crippen LogP contribution in [-0.2, 0) is 52.5 Å². The minimum absolute atomic E-state index is 0.147. The number of ether oxygens (including phenoxy) is 5. The zero-order valence-corrected chi connectivity index (χ0v) is 20.5. The molecule has 0 aromatic carbocycles. The maximum absolute atomic E-state index is 12.5. The van der Waals surface area contributed by atoms with Crippen LogP contribution < -0.4 is 5.32 Å². The van der Waals surface area contributed by atoms with Gasteiger partial charge in [0.25, 0.3) is 5.97 Å². The Morgan fingerprint density at radius 3 is 1.89 bits per heavy atom. The van der Waals surface area contributed by atoms with Crippen LogP contribution in [-0.4, -0.2) is 96.2 Å². The van der Waals surface area contributed by atoms with Crippen LogP contribution in [0, 0.1) is 5.92 Å². The molecular weight excluding hydrogens is 474 g/mol. The van der Waals surface area contributed by atoms with E-state index in [-0.39, 0.29) is 19.8 Å². The van der Waals surface area contributed by atoms with Gasteiger partial charge in [-0.3, -0.25) is 28.8 Å². The van der Waals surface area contributed by atoms with Crippen molar-refractivity contribution in [2.45, 2.75) is 72.1 Å². The monoisotopic (exact) mass is 507 g/mol. The van der Waals surface area contributed by atoms with Crippen LogP contribution in [0.25, 0.3) is 0 Å². The van der Waals surface area contributed by atoms with Gasteiger partial charge < -0.3 is 39.2 Å². The Labute approximate surface area is 202 Å². The number of hydrogen-bond donors (Lipinski definition) is 3. The van der Waals surface area contributed by atoms with Gasteiger partial charge >= 0.3 is 23.9 Å². The average Bonchev–Trinajstić information content (AvgIpc) is 2.72. The molecule has 3 N–H and O–H groups in total. The van der Waals surface area contributed by atoms with Crippen LogP contribution in [0.5, 0.6) is 0 Å². The highest BCUT2D eigenvalue weighted by atomic mass is 16.6. The molecule has 1 saturated heterocycles. The number of carboxylic acid groups (broad SMARTS) is 1. The molecule has 14 nitrogen and oxygen atoms in total. The number of nitrogens with one attached hydrogen (secondary N) is 1. The number of esters is 4. The molecule has 1 aliphatic rings. The lowest BCUT2D eigenvalue weighted by Gasteiger charge is -2.44. The Balaban J connectivity index is 0.00000267. The number of amides is 1. The number of hydrogen-bond acceptors (Lipinski definition) is 12. The number of rotatable bonds is 9. The number of aliphatic hydroxyl groups excluding tert-OH is 1. The standard InChI is InChI=1S/C19H29NO11.C2H4O2/c1-6-27-14(24)7-20-19(26)9(2)16-15(25)18(30-12(5)23)17(29-11(4)22)13(31-16)8-28-10(3)21;1-2(3)4/h9,13,15-18,25H,6-8H2,1-5H3,(H,20,26);1H3,(H,3,4)/t9?,13-,15+,16?,17-,18-;/m1./s1. The fourth-order valence-corrected chi connectivity index (χ4v) is 3.04. The van der Waals surface area contributed by atoms with Crippen molar-refractivity contribution >= 4 is 35.8 Å². The maximum Gasteiger partial charge on any atom is 0.325 e. The van der Waals surface area contributed by atoms with Crippen LogP contribution in [0.4, 0.5) is 0 Å². The third-order valence-electron chi connectivity index (χ3n) is 4.37. The SMILES string of the molecule is CC(=O)O.CCOC(=O)CNC(=O)C(C)C1O[C@H](COC(C)=O)[C@@H](OC(C)=O)[C@H](OC(C)=O)[C@H]1O. The third kappa shape index (κ3) is 12.1. The predicted octanol–water partition coefficient (Wildman–Crippen LogP) is -1.05. The second-order valence-electron chi connectivity index (χ2n) is 7.41. The summed E-state index contributed by atoms with van der Waals surface area (Å²) in [6, 6.07) is 0. The maximum atomic E-state index is 12.5. The highest BCUT2D eigenvalue weighted by Gasteiger charge is 2.52. The molecule has 1 heterocycles. The minimum atomic E-state index is -1.56. The van der Waals surface area contributed by atoms with Crippen LogP contribution in [0.2, 0.25) is 0 Å². The molecule has 0 radical (unpaired) electrons. The van der Waals surface area contributed by atoms with E-state index in [0.29, 0.717) is 0 Å². The van der Waals surface area contributed by atoms with Gasteiger partial charge in [0, 0.05) is 27.7 Å². The molecule has 200 valence electrons. The summed E-state index contributed by atoms with van der Waals surface area (Å²) in [5.41, 5.74) is 0. The molecule has 0 saturated carbocycles. The lowest BCUT2D eigenvalue weighted by molar-refractivity contribution is -0.253. The molecule has 0 aromatic rings. The highest BCUT2D eigenvalue weighted by molar-refractivity contribution is 5.83. The molecular formula is C21H33NO13. The van der Waals surface area contributed by atoms with Crippen molar-refractivity contribution in [3.8, 4) is 0 Å². The van der Waals surface area contributed by atoms with E-state index >= 15 is 0 Å². The first kappa shape index (κ1) is 31.7. The van der Waals surface area contributed by atoms with Crippen molar-refractivity contribution in [2.75, 3.05) is 19.8 Å². The van der Waals surface area contributed by atoms with E-state index in [0.717, 1.165) is 27.7 Å². The predicted molar refractivity (Wildman–Crippen MR) is 115 cm³/mol. The molecule has 1 amide bonds. The molecule has 0 aliphatic carbocycles. The molecule has 35 heavy (non-hydrogen) atoms. The summed E-state index contributed by atoms with van der Waals surface area (Å²) in [7, 11) is 0. The van der Waals surface area contributed by atoms with Gasteiger partial charge in [-0.1, -0.05) is 6.92 Å². The van der Waals surface area contributed by atoms with Gasteiger partial charge in [-0.2, -0.15) is 0 Å². The molecule has 0 spiro atoms. The van der Waals surface area contributed by atoms with E-state index in [4.69, 9.17) is 33.6 Å². The van der Waals surface area contributed by atoms with Crippen molar-refractivity contribution in [3.63, 3.8) is 0 Å². The Kier molecular flexibility index (Phi) is 14.2. The Morgan fingerprint density at radius 2 is 1.43 bits per heavy atom. The molecule has 0 aromatic heterocycles. The summed E-state index contributed by atoms with van der Waals surface area (Å²) in [6.07, 6.45) is -6.61. The summed E-state index contributed by atoms with van der Waals surface area (Å²) in [5, 5.41) is 20.5. The zero-order chi connectivity index (χ0) is 27.3. The summed E-state index contributed by atoms with van der Waals surface area (Å²) in [6.45, 7) is 6.86. The van der Waals surface area contributed by atoms with Gasteiger partial charge in [0.05, 0.1) is 18.6 Å².